The molecule has 9 aromatic carbocycles. The molecule has 0 aliphatic heterocycles. The van der Waals surface area contributed by atoms with Gasteiger partial charge in [-0.2, -0.15) is 0 Å². The van der Waals surface area contributed by atoms with Crippen LogP contribution in [-0.4, -0.2) is 0 Å². The van der Waals surface area contributed by atoms with E-state index >= 15 is 0 Å². The van der Waals surface area contributed by atoms with Crippen molar-refractivity contribution >= 4 is 48.6 Å². The van der Waals surface area contributed by atoms with E-state index in [0.717, 1.165) is 17.1 Å². The molecule has 1 aliphatic rings. The van der Waals surface area contributed by atoms with Gasteiger partial charge in [0.25, 0.3) is 0 Å². The fourth-order valence-electron chi connectivity index (χ4n) is 9.22. The quantitative estimate of drug-likeness (QED) is 0.156. The predicted octanol–water partition coefficient (Wildman–Crippen LogP) is 16.5. The molecule has 0 unspecified atom stereocenters. The Hall–Kier alpha value is -7.00. The molecule has 2 heteroatoms. The third-order valence-corrected chi connectivity index (χ3v) is 13.4. The van der Waals surface area contributed by atoms with Gasteiger partial charge in [-0.25, -0.2) is 0 Å². The summed E-state index contributed by atoms with van der Waals surface area (Å²) in [5, 5.41) is 2.64. The van der Waals surface area contributed by atoms with Crippen LogP contribution in [0, 0.1) is 0 Å². The summed E-state index contributed by atoms with van der Waals surface area (Å²) in [5.41, 5.74) is 18.5. The molecule has 0 radical (unpaired) electrons. The standard InChI is InChI=1S/C57H41NS/c1-57(2)53-19-11-9-17-47(53)48-34-33-46(35-54(48)57)58(44-29-25-40(26-30-44)38-13-5-3-6-14-38)45-31-27-41(28-32-45)39-21-23-43(24-22-39)51-37-56-52(49-18-10-12-20-55(49)59-56)36-50(51)42-15-7-4-8-16-42/h3-37H,1-2H3. The monoisotopic (exact) mass is 771 g/mol. The van der Waals surface area contributed by atoms with E-state index in [4.69, 9.17) is 0 Å². The van der Waals surface area contributed by atoms with E-state index < -0.39 is 0 Å². The topological polar surface area (TPSA) is 3.24 Å². The molecule has 0 bridgehead atoms. The van der Waals surface area contributed by atoms with Crippen molar-refractivity contribution in [2.24, 2.45) is 0 Å². The zero-order valence-electron chi connectivity index (χ0n) is 33.1. The van der Waals surface area contributed by atoms with Crippen LogP contribution in [0.25, 0.3) is 75.8 Å². The molecule has 59 heavy (non-hydrogen) atoms. The number of thiophene rings is 1. The van der Waals surface area contributed by atoms with Crippen LogP contribution in [0.15, 0.2) is 212 Å². The molecule has 0 saturated carbocycles. The second kappa shape index (κ2) is 14.1. The van der Waals surface area contributed by atoms with Crippen LogP contribution in [-0.2, 0) is 5.41 Å². The number of rotatable bonds is 7. The number of fused-ring (bicyclic) bond motifs is 6. The first-order valence-electron chi connectivity index (χ1n) is 20.4. The highest BCUT2D eigenvalue weighted by atomic mass is 32.1. The molecule has 0 amide bonds. The molecule has 0 saturated heterocycles. The summed E-state index contributed by atoms with van der Waals surface area (Å²) < 4.78 is 2.64. The van der Waals surface area contributed by atoms with E-state index in [1.807, 2.05) is 11.3 Å². The van der Waals surface area contributed by atoms with Crippen LogP contribution in [0.5, 0.6) is 0 Å². The van der Waals surface area contributed by atoms with Gasteiger partial charge in [-0.1, -0.05) is 172 Å². The number of hydrogen-bond acceptors (Lipinski definition) is 2. The Bertz CT molecular complexity index is 3140. The largest absolute Gasteiger partial charge is 0.310 e. The first kappa shape index (κ1) is 35.2. The fraction of sp³-hybridized carbons (Fsp3) is 0.0526. The molecule has 1 aliphatic carbocycles. The average molecular weight is 772 g/mol. The van der Waals surface area contributed by atoms with Crippen LogP contribution in [0.2, 0.25) is 0 Å². The van der Waals surface area contributed by atoms with Crippen molar-refractivity contribution in [3.05, 3.63) is 223 Å². The van der Waals surface area contributed by atoms with Crippen LogP contribution in [0.4, 0.5) is 17.1 Å². The Balaban J connectivity index is 0.960. The van der Waals surface area contributed by atoms with Gasteiger partial charge in [0.05, 0.1) is 0 Å². The van der Waals surface area contributed by atoms with Crippen molar-refractivity contribution in [1.82, 2.24) is 0 Å². The maximum Gasteiger partial charge on any atom is 0.0465 e. The SMILES string of the molecule is CC1(C)c2ccccc2-c2ccc(N(c3ccc(-c4ccccc4)cc3)c3ccc(-c4ccc(-c5cc6sc7ccccc7c6cc5-c5ccccc5)cc4)cc3)cc21. The second-order valence-corrected chi connectivity index (χ2v) is 17.2. The van der Waals surface area contributed by atoms with Gasteiger partial charge >= 0.3 is 0 Å². The molecule has 1 nitrogen and oxygen atoms in total. The van der Waals surface area contributed by atoms with Crippen LogP contribution < -0.4 is 4.90 Å². The predicted molar refractivity (Wildman–Crippen MR) is 253 cm³/mol. The minimum Gasteiger partial charge on any atom is -0.310 e. The summed E-state index contributed by atoms with van der Waals surface area (Å²) in [7, 11) is 0. The van der Waals surface area contributed by atoms with Crippen LogP contribution in [0.1, 0.15) is 25.0 Å². The lowest BCUT2D eigenvalue weighted by atomic mass is 9.82. The first-order chi connectivity index (χ1) is 29.0. The molecule has 11 rings (SSSR count). The molecular formula is C57H41NS. The second-order valence-electron chi connectivity index (χ2n) is 16.1. The Labute approximate surface area is 350 Å². The molecule has 0 spiro atoms. The molecule has 280 valence electrons. The smallest absolute Gasteiger partial charge is 0.0465 e. The minimum atomic E-state index is -0.0910. The van der Waals surface area contributed by atoms with Gasteiger partial charge in [-0.3, -0.25) is 0 Å². The van der Waals surface area contributed by atoms with Crippen LogP contribution in [0.3, 0.4) is 0 Å². The summed E-state index contributed by atoms with van der Waals surface area (Å²) in [6.07, 6.45) is 0. The van der Waals surface area contributed by atoms with E-state index in [1.165, 1.54) is 86.9 Å². The summed E-state index contributed by atoms with van der Waals surface area (Å²) in [4.78, 5) is 2.40. The molecular weight excluding hydrogens is 731 g/mol. The van der Waals surface area contributed by atoms with Crippen molar-refractivity contribution < 1.29 is 0 Å². The third-order valence-electron chi connectivity index (χ3n) is 12.3. The van der Waals surface area contributed by atoms with Crippen molar-refractivity contribution in [2.45, 2.75) is 19.3 Å². The minimum absolute atomic E-state index is 0.0910. The average Bonchev–Trinajstić information content (AvgIpc) is 3.78. The molecule has 1 aromatic heterocycles. The van der Waals surface area contributed by atoms with Gasteiger partial charge in [0, 0.05) is 42.6 Å². The zero-order chi connectivity index (χ0) is 39.5. The number of benzene rings is 9. The zero-order valence-corrected chi connectivity index (χ0v) is 33.9. The van der Waals surface area contributed by atoms with Gasteiger partial charge in [0.1, 0.15) is 0 Å². The molecule has 0 N–H and O–H groups in total. The van der Waals surface area contributed by atoms with Crippen molar-refractivity contribution in [3.8, 4) is 55.6 Å². The summed E-state index contributed by atoms with van der Waals surface area (Å²) in [6, 6.07) is 78.0. The van der Waals surface area contributed by atoms with E-state index in [0.29, 0.717) is 0 Å². The normalized spacial score (nSPS) is 12.7. The lowest BCUT2D eigenvalue weighted by Crippen LogP contribution is -2.16. The molecule has 0 atom stereocenters. The summed E-state index contributed by atoms with van der Waals surface area (Å²) in [5.74, 6) is 0. The first-order valence-corrected chi connectivity index (χ1v) is 21.2. The van der Waals surface area contributed by atoms with Gasteiger partial charge < -0.3 is 4.90 Å². The highest BCUT2D eigenvalue weighted by Crippen LogP contribution is 2.51. The summed E-state index contributed by atoms with van der Waals surface area (Å²) >= 11 is 1.87. The summed E-state index contributed by atoms with van der Waals surface area (Å²) in [6.45, 7) is 4.71. The molecule has 0 fully saturated rings. The maximum absolute atomic E-state index is 2.41. The van der Waals surface area contributed by atoms with E-state index in [-0.39, 0.29) is 5.41 Å². The van der Waals surface area contributed by atoms with E-state index in [1.54, 1.807) is 0 Å². The van der Waals surface area contributed by atoms with Crippen molar-refractivity contribution in [1.29, 1.82) is 0 Å². The number of nitrogens with zero attached hydrogens (tertiary/aromatic N) is 1. The van der Waals surface area contributed by atoms with Crippen molar-refractivity contribution in [3.63, 3.8) is 0 Å². The lowest BCUT2D eigenvalue weighted by molar-refractivity contribution is 0.660. The fourth-order valence-corrected chi connectivity index (χ4v) is 10.4. The highest BCUT2D eigenvalue weighted by molar-refractivity contribution is 7.25. The Kier molecular flexibility index (Phi) is 8.43. The third kappa shape index (κ3) is 6.07. The Morgan fingerprint density at radius 3 is 1.47 bits per heavy atom. The Morgan fingerprint density at radius 2 is 0.797 bits per heavy atom. The molecule has 10 aromatic rings. The highest BCUT2D eigenvalue weighted by Gasteiger charge is 2.35. The van der Waals surface area contributed by atoms with E-state index in [2.05, 4.69) is 231 Å². The van der Waals surface area contributed by atoms with Gasteiger partial charge in [0.15, 0.2) is 0 Å². The Morgan fingerprint density at radius 1 is 0.322 bits per heavy atom. The van der Waals surface area contributed by atoms with Gasteiger partial charge in [-0.15, -0.1) is 11.3 Å². The van der Waals surface area contributed by atoms with Gasteiger partial charge in [-0.05, 0) is 121 Å². The number of anilines is 3. The molecule has 1 heterocycles. The van der Waals surface area contributed by atoms with Gasteiger partial charge in [0.2, 0.25) is 0 Å². The number of hydrogen-bond donors (Lipinski definition) is 0. The van der Waals surface area contributed by atoms with Crippen LogP contribution >= 0.6 is 11.3 Å². The van der Waals surface area contributed by atoms with Crippen molar-refractivity contribution in [2.75, 3.05) is 4.90 Å². The lowest BCUT2D eigenvalue weighted by Gasteiger charge is -2.28. The van der Waals surface area contributed by atoms with E-state index in [9.17, 15) is 0 Å². The maximum atomic E-state index is 2.41.